The van der Waals surface area contributed by atoms with Crippen LogP contribution in [0.25, 0.3) is 11.2 Å². The average molecular weight is 890 g/mol. The van der Waals surface area contributed by atoms with Gasteiger partial charge in [-0.2, -0.15) is 4.31 Å². The standard InChI is InChI=1S/C29H46N7O17P3S/c1-4-5-6-7-8-9-20(38)57-13-12-31-19(37)10-11-32-27(41)24(40)29(2,3)15-50-56(47,48)53-55(45,46)49-14-18-23(52-54(42,43)44)22(39)28(51-18)36-17-35-21-25(30)33-16-34-26(21)36/h6,8,16-18,22-24,28,39-40H,4-5,9-15H2,1-3H3,(H,31,37)(H,32,41)(H,45,46)(H,47,48)(H2,30,33,34)(H2,42,43,44)/t7?,18-,22-,23-,24+,28-/m1/s1. The van der Waals surface area contributed by atoms with Gasteiger partial charge in [-0.15, -0.1) is 5.73 Å². The number of thioether (sulfide) groups is 1. The van der Waals surface area contributed by atoms with Crippen LogP contribution < -0.4 is 16.4 Å². The SMILES string of the molecule is CCCC=C=CCC(=O)SCCNC(=O)CCNC(=O)[C@H](O)C(C)(C)COP(=O)(O)OP(=O)(O)OC[C@H]1O[C@@H](n2cnc3c(N)ncnc32)[C@H](O)[C@@H]1OP(=O)(O)O. The molecule has 0 spiro atoms. The number of amides is 2. The predicted octanol–water partition coefficient (Wildman–Crippen LogP) is 0.566. The molecule has 0 aromatic carbocycles. The van der Waals surface area contributed by atoms with E-state index in [9.17, 15) is 57.9 Å². The molecule has 2 aromatic rings. The zero-order valence-electron chi connectivity index (χ0n) is 30.9. The van der Waals surface area contributed by atoms with Gasteiger partial charge in [0.15, 0.2) is 22.8 Å². The second-order valence-electron chi connectivity index (χ2n) is 12.9. The number of nitrogens with two attached hydrogens (primary N) is 1. The number of nitrogens with one attached hydrogen (secondary N) is 2. The molecule has 3 heterocycles. The monoisotopic (exact) mass is 889 g/mol. The van der Waals surface area contributed by atoms with Crippen LogP contribution in [0.15, 0.2) is 30.5 Å². The molecule has 57 heavy (non-hydrogen) atoms. The lowest BCUT2D eigenvalue weighted by molar-refractivity contribution is -0.137. The van der Waals surface area contributed by atoms with Gasteiger partial charge in [-0.25, -0.2) is 28.6 Å². The minimum absolute atomic E-state index is 0.0298. The van der Waals surface area contributed by atoms with Crippen molar-refractivity contribution in [3.63, 3.8) is 0 Å². The van der Waals surface area contributed by atoms with Crippen molar-refractivity contribution in [2.24, 2.45) is 5.41 Å². The summed E-state index contributed by atoms with van der Waals surface area (Å²) in [5.41, 5.74) is 7.18. The van der Waals surface area contributed by atoms with E-state index in [1.807, 2.05) is 13.0 Å². The molecule has 1 saturated heterocycles. The van der Waals surface area contributed by atoms with E-state index in [1.165, 1.54) is 13.8 Å². The Morgan fingerprint density at radius 2 is 1.79 bits per heavy atom. The van der Waals surface area contributed by atoms with Crippen molar-refractivity contribution in [2.45, 2.75) is 77.1 Å². The van der Waals surface area contributed by atoms with Crippen LogP contribution >= 0.6 is 35.2 Å². The van der Waals surface area contributed by atoms with Gasteiger partial charge in [0, 0.05) is 37.1 Å². The van der Waals surface area contributed by atoms with E-state index in [1.54, 1.807) is 6.08 Å². The Labute approximate surface area is 330 Å². The Morgan fingerprint density at radius 3 is 2.47 bits per heavy atom. The van der Waals surface area contributed by atoms with Crippen molar-refractivity contribution in [1.82, 2.24) is 30.2 Å². The number of rotatable bonds is 23. The second kappa shape index (κ2) is 21.4. The van der Waals surface area contributed by atoms with Gasteiger partial charge in [0.25, 0.3) is 0 Å². The van der Waals surface area contributed by atoms with E-state index in [0.717, 1.165) is 41.8 Å². The number of aromatic nitrogens is 4. The molecule has 1 aliphatic rings. The van der Waals surface area contributed by atoms with Gasteiger partial charge >= 0.3 is 23.5 Å². The summed E-state index contributed by atoms with van der Waals surface area (Å²) in [6, 6.07) is 0. The Bertz CT molecular complexity index is 1920. The highest BCUT2D eigenvalue weighted by Crippen LogP contribution is 2.61. The van der Waals surface area contributed by atoms with Gasteiger partial charge < -0.3 is 50.9 Å². The van der Waals surface area contributed by atoms with E-state index in [4.69, 9.17) is 19.5 Å². The normalized spacial score (nSPS) is 21.2. The summed E-state index contributed by atoms with van der Waals surface area (Å²) < 4.78 is 62.1. The van der Waals surface area contributed by atoms with Gasteiger partial charge in [0.05, 0.1) is 19.5 Å². The number of hydrogen-bond acceptors (Lipinski definition) is 18. The van der Waals surface area contributed by atoms with Crippen molar-refractivity contribution in [2.75, 3.05) is 37.8 Å². The number of imidazole rings is 1. The third-order valence-corrected chi connectivity index (χ3v) is 11.7. The van der Waals surface area contributed by atoms with Crippen LogP contribution in [0.5, 0.6) is 0 Å². The quantitative estimate of drug-likeness (QED) is 0.0418. The first-order valence-corrected chi connectivity index (χ1v) is 22.5. The molecule has 24 nitrogen and oxygen atoms in total. The van der Waals surface area contributed by atoms with Gasteiger partial charge in [-0.1, -0.05) is 39.0 Å². The number of nitrogens with zero attached hydrogens (tertiary/aromatic N) is 4. The fraction of sp³-hybridized carbons (Fsp3) is 0.621. The van der Waals surface area contributed by atoms with E-state index >= 15 is 0 Å². The number of ether oxygens (including phenoxy) is 1. The number of carbonyl (C=O) groups excluding carboxylic acids is 3. The third-order valence-electron chi connectivity index (χ3n) is 7.70. The van der Waals surface area contributed by atoms with Crippen LogP contribution in [0.4, 0.5) is 5.82 Å². The zero-order chi connectivity index (χ0) is 42.6. The molecule has 1 aliphatic heterocycles. The predicted molar refractivity (Wildman–Crippen MR) is 199 cm³/mol. The summed E-state index contributed by atoms with van der Waals surface area (Å²) in [5.74, 6) is -1.13. The van der Waals surface area contributed by atoms with Gasteiger partial charge in [0.1, 0.15) is 36.3 Å². The summed E-state index contributed by atoms with van der Waals surface area (Å²) >= 11 is 1.05. The first-order chi connectivity index (χ1) is 26.6. The molecule has 28 heteroatoms. The molecule has 2 amide bonds. The number of anilines is 1. The van der Waals surface area contributed by atoms with Crippen molar-refractivity contribution in [3.05, 3.63) is 30.5 Å². The molecule has 2 unspecified atom stereocenters. The maximum atomic E-state index is 12.7. The number of unbranched alkanes of at least 4 members (excludes halogenated alkanes) is 1. The maximum absolute atomic E-state index is 12.7. The Hall–Kier alpha value is -2.92. The number of fused-ring (bicyclic) bond motifs is 1. The number of allylic oxidation sites excluding steroid dienone is 1. The first kappa shape index (κ1) is 48.4. The molecule has 3 rings (SSSR count). The van der Waals surface area contributed by atoms with E-state index in [-0.39, 0.29) is 48.0 Å². The topological polar surface area (TPSA) is 364 Å². The van der Waals surface area contributed by atoms with Crippen molar-refractivity contribution in [3.8, 4) is 0 Å². The highest BCUT2D eigenvalue weighted by Gasteiger charge is 2.50. The van der Waals surface area contributed by atoms with Crippen molar-refractivity contribution >= 4 is 69.1 Å². The molecule has 2 aromatic heterocycles. The average Bonchev–Trinajstić information content (AvgIpc) is 3.68. The van der Waals surface area contributed by atoms with Crippen LogP contribution in [-0.4, -0.2) is 123 Å². The van der Waals surface area contributed by atoms with Gasteiger partial charge in [-0.3, -0.25) is 32.5 Å². The molecular formula is C29H46N7O17P3S. The summed E-state index contributed by atoms with van der Waals surface area (Å²) in [4.78, 5) is 87.5. The van der Waals surface area contributed by atoms with Crippen LogP contribution in [0, 0.1) is 5.41 Å². The largest absolute Gasteiger partial charge is 0.481 e. The molecule has 0 bridgehead atoms. The van der Waals surface area contributed by atoms with Crippen molar-refractivity contribution in [1.29, 1.82) is 0 Å². The smallest absolute Gasteiger partial charge is 0.386 e. The van der Waals surface area contributed by atoms with Crippen LogP contribution in [-0.2, 0) is 50.7 Å². The number of aliphatic hydroxyl groups is 2. The summed E-state index contributed by atoms with van der Waals surface area (Å²) in [6.45, 7) is 2.50. The molecular weight excluding hydrogens is 843 g/mol. The molecule has 1 fully saturated rings. The number of phosphoric acid groups is 3. The lowest BCUT2D eigenvalue weighted by atomic mass is 9.87. The van der Waals surface area contributed by atoms with Crippen LogP contribution in [0.3, 0.4) is 0 Å². The summed E-state index contributed by atoms with van der Waals surface area (Å²) in [5, 5.41) is 26.3. The zero-order valence-corrected chi connectivity index (χ0v) is 34.3. The summed E-state index contributed by atoms with van der Waals surface area (Å²) in [6.07, 6.45) is -1.38. The van der Waals surface area contributed by atoms with Crippen LogP contribution in [0.1, 0.15) is 52.7 Å². The van der Waals surface area contributed by atoms with E-state index < -0.39 is 84.6 Å². The molecule has 0 radical (unpaired) electrons. The second-order valence-corrected chi connectivity index (χ2v) is 18.2. The number of nitrogen functional groups attached to an aromatic ring is 1. The van der Waals surface area contributed by atoms with Crippen molar-refractivity contribution < 1.29 is 80.5 Å². The number of phosphoric ester groups is 3. The van der Waals surface area contributed by atoms with Crippen LogP contribution in [0.2, 0.25) is 0 Å². The molecule has 320 valence electrons. The van der Waals surface area contributed by atoms with E-state index in [2.05, 4.69) is 40.2 Å². The first-order valence-electron chi connectivity index (χ1n) is 17.0. The van der Waals surface area contributed by atoms with Gasteiger partial charge in [0.2, 0.25) is 11.8 Å². The Balaban J connectivity index is 1.47. The fourth-order valence-electron chi connectivity index (χ4n) is 4.81. The number of carbonyl (C=O) groups is 3. The third kappa shape index (κ3) is 15.6. The fourth-order valence-corrected chi connectivity index (χ4v) is 8.27. The summed E-state index contributed by atoms with van der Waals surface area (Å²) in [7, 11) is -16.4. The lowest BCUT2D eigenvalue weighted by Crippen LogP contribution is -2.46. The highest BCUT2D eigenvalue weighted by molar-refractivity contribution is 8.13. The maximum Gasteiger partial charge on any atom is 0.481 e. The van der Waals surface area contributed by atoms with Gasteiger partial charge in [-0.05, 0) is 18.6 Å². The molecule has 10 N–H and O–H groups in total. The lowest BCUT2D eigenvalue weighted by Gasteiger charge is -2.30. The van der Waals surface area contributed by atoms with E-state index in [0.29, 0.717) is 5.75 Å². The molecule has 0 saturated carbocycles. The minimum atomic E-state index is -5.57. The number of aliphatic hydroxyl groups excluding tert-OH is 2. The Kier molecular flexibility index (Phi) is 18.2. The number of hydrogen-bond donors (Lipinski definition) is 9. The molecule has 0 aliphatic carbocycles. The minimum Gasteiger partial charge on any atom is -0.386 e. The Morgan fingerprint density at radius 1 is 1.09 bits per heavy atom. The molecule has 7 atom stereocenters. The highest BCUT2D eigenvalue weighted by atomic mass is 32.2.